The molecule has 9 heteroatoms. The minimum Gasteiger partial charge on any atom is -0.409 e. The van der Waals surface area contributed by atoms with Gasteiger partial charge in [0.1, 0.15) is 12.4 Å². The summed E-state index contributed by atoms with van der Waals surface area (Å²) < 4.78 is 35.9. The van der Waals surface area contributed by atoms with Crippen LogP contribution in [0.15, 0.2) is 5.16 Å². The molecule has 0 radical (unpaired) electrons. The maximum absolute atomic E-state index is 12.0. The van der Waals surface area contributed by atoms with Gasteiger partial charge in [-0.2, -0.15) is 13.2 Å². The fourth-order valence-electron chi connectivity index (χ4n) is 1.87. The van der Waals surface area contributed by atoms with E-state index in [1.54, 1.807) is 6.92 Å². The molecule has 0 saturated carbocycles. The Morgan fingerprint density at radius 3 is 2.42 bits per heavy atom. The summed E-state index contributed by atoms with van der Waals surface area (Å²) in [7, 11) is 0. The van der Waals surface area contributed by atoms with Gasteiger partial charge in [0.15, 0.2) is 0 Å². The number of nitrogens with two attached hydrogens (primary N) is 1. The highest BCUT2D eigenvalue weighted by Crippen LogP contribution is 2.31. The molecule has 0 aromatic heterocycles. The van der Waals surface area contributed by atoms with E-state index in [-0.39, 0.29) is 18.9 Å². The number of amidine groups is 1. The second kappa shape index (κ2) is 5.54. The predicted molar refractivity (Wildman–Crippen MR) is 61.8 cm³/mol. The molecule has 0 atom stereocenters. The first-order valence-corrected chi connectivity index (χ1v) is 5.75. The molecule has 0 aromatic carbocycles. The SMILES string of the molecule is CC1(C(N)=NO)CCN(C(=O)NCC(F)(F)F)CC1. The van der Waals surface area contributed by atoms with Gasteiger partial charge in [-0.05, 0) is 12.8 Å². The number of amides is 2. The molecule has 1 heterocycles. The van der Waals surface area contributed by atoms with E-state index in [4.69, 9.17) is 10.9 Å². The Kier molecular flexibility index (Phi) is 4.48. The Morgan fingerprint density at radius 2 is 2.00 bits per heavy atom. The first kappa shape index (κ1) is 15.4. The zero-order valence-corrected chi connectivity index (χ0v) is 10.5. The average Bonchev–Trinajstić information content (AvgIpc) is 2.35. The Morgan fingerprint density at radius 1 is 1.47 bits per heavy atom. The van der Waals surface area contributed by atoms with Gasteiger partial charge >= 0.3 is 12.2 Å². The molecule has 1 saturated heterocycles. The normalized spacial score (nSPS) is 20.2. The van der Waals surface area contributed by atoms with Crippen LogP contribution in [0.3, 0.4) is 0 Å². The Labute approximate surface area is 108 Å². The first-order chi connectivity index (χ1) is 8.68. The van der Waals surface area contributed by atoms with E-state index in [2.05, 4.69) is 5.16 Å². The van der Waals surface area contributed by atoms with E-state index >= 15 is 0 Å². The fraction of sp³-hybridized carbons (Fsp3) is 0.800. The van der Waals surface area contributed by atoms with Crippen molar-refractivity contribution >= 4 is 11.9 Å². The van der Waals surface area contributed by atoms with Gasteiger partial charge in [-0.3, -0.25) is 0 Å². The van der Waals surface area contributed by atoms with Crippen LogP contribution in [0, 0.1) is 5.41 Å². The molecule has 0 unspecified atom stereocenters. The Bertz CT molecular complexity index is 362. The molecular weight excluding hydrogens is 265 g/mol. The molecule has 1 aliphatic heterocycles. The van der Waals surface area contributed by atoms with Gasteiger partial charge in [-0.25, -0.2) is 4.79 Å². The van der Waals surface area contributed by atoms with Gasteiger partial charge in [0.25, 0.3) is 0 Å². The van der Waals surface area contributed by atoms with Gasteiger partial charge in [0.2, 0.25) is 0 Å². The van der Waals surface area contributed by atoms with E-state index in [0.717, 1.165) is 0 Å². The van der Waals surface area contributed by atoms with Gasteiger partial charge in [0.05, 0.1) is 0 Å². The predicted octanol–water partition coefficient (Wildman–Crippen LogP) is 1.11. The summed E-state index contributed by atoms with van der Waals surface area (Å²) in [6.45, 7) is 0.958. The number of alkyl halides is 3. The number of carbonyl (C=O) groups excluding carboxylic acids is 1. The van der Waals surface area contributed by atoms with Crippen molar-refractivity contribution in [2.24, 2.45) is 16.3 Å². The monoisotopic (exact) mass is 282 g/mol. The number of halogens is 3. The smallest absolute Gasteiger partial charge is 0.405 e. The highest BCUT2D eigenvalue weighted by Gasteiger charge is 2.36. The number of urea groups is 1. The van der Waals surface area contributed by atoms with Gasteiger partial charge in [0, 0.05) is 18.5 Å². The molecule has 4 N–H and O–H groups in total. The number of hydrogen-bond acceptors (Lipinski definition) is 3. The minimum atomic E-state index is -4.42. The van der Waals surface area contributed by atoms with Crippen LogP contribution in [0.25, 0.3) is 0 Å². The summed E-state index contributed by atoms with van der Waals surface area (Å²) in [6.07, 6.45) is -3.56. The molecule has 1 fully saturated rings. The zero-order chi connectivity index (χ0) is 14.7. The molecule has 0 aliphatic carbocycles. The average molecular weight is 282 g/mol. The van der Waals surface area contributed by atoms with Crippen molar-refractivity contribution in [1.29, 1.82) is 0 Å². The number of piperidine rings is 1. The molecule has 0 bridgehead atoms. The van der Waals surface area contributed by atoms with Crippen molar-refractivity contribution in [1.82, 2.24) is 10.2 Å². The second-order valence-electron chi connectivity index (χ2n) is 4.81. The van der Waals surface area contributed by atoms with Gasteiger partial charge in [-0.1, -0.05) is 12.1 Å². The van der Waals surface area contributed by atoms with Crippen LogP contribution in [0.2, 0.25) is 0 Å². The zero-order valence-electron chi connectivity index (χ0n) is 10.5. The van der Waals surface area contributed by atoms with Gasteiger partial charge in [-0.15, -0.1) is 0 Å². The number of likely N-dealkylation sites (tertiary alicyclic amines) is 1. The number of oxime groups is 1. The number of carbonyl (C=O) groups is 1. The first-order valence-electron chi connectivity index (χ1n) is 5.75. The van der Waals surface area contributed by atoms with Crippen LogP contribution in [-0.2, 0) is 0 Å². The molecule has 6 nitrogen and oxygen atoms in total. The molecule has 1 rings (SSSR count). The summed E-state index contributed by atoms with van der Waals surface area (Å²) >= 11 is 0. The lowest BCUT2D eigenvalue weighted by Gasteiger charge is -2.38. The topological polar surface area (TPSA) is 91.0 Å². The lowest BCUT2D eigenvalue weighted by Crippen LogP contribution is -2.51. The van der Waals surface area contributed by atoms with Crippen LogP contribution < -0.4 is 11.1 Å². The fourth-order valence-corrected chi connectivity index (χ4v) is 1.87. The third-order valence-electron chi connectivity index (χ3n) is 3.32. The third kappa shape index (κ3) is 4.18. The van der Waals surface area contributed by atoms with E-state index < -0.39 is 24.2 Å². The second-order valence-corrected chi connectivity index (χ2v) is 4.81. The van der Waals surface area contributed by atoms with Crippen LogP contribution >= 0.6 is 0 Å². The molecule has 2 amide bonds. The Hall–Kier alpha value is -1.67. The standard InChI is InChI=1S/C10H17F3N4O2/c1-9(7(14)16-19)2-4-17(5-3-9)8(18)15-6-10(11,12)13/h19H,2-6H2,1H3,(H2,14,16)(H,15,18). The minimum absolute atomic E-state index is 0.0721. The molecule has 0 spiro atoms. The number of rotatable bonds is 2. The lowest BCUT2D eigenvalue weighted by molar-refractivity contribution is -0.123. The van der Waals surface area contributed by atoms with E-state index in [1.165, 1.54) is 4.90 Å². The number of nitrogens with one attached hydrogen (secondary N) is 1. The molecular formula is C10H17F3N4O2. The van der Waals surface area contributed by atoms with Crippen molar-refractivity contribution in [3.05, 3.63) is 0 Å². The van der Waals surface area contributed by atoms with Crippen LogP contribution in [-0.4, -0.2) is 47.8 Å². The highest BCUT2D eigenvalue weighted by molar-refractivity contribution is 5.86. The maximum Gasteiger partial charge on any atom is 0.405 e. The third-order valence-corrected chi connectivity index (χ3v) is 3.32. The van der Waals surface area contributed by atoms with Crippen molar-refractivity contribution < 1.29 is 23.2 Å². The summed E-state index contributed by atoms with van der Waals surface area (Å²) in [5, 5.41) is 13.4. The lowest BCUT2D eigenvalue weighted by atomic mass is 9.79. The Balaban J connectivity index is 2.48. The molecule has 0 aromatic rings. The number of nitrogens with zero attached hydrogens (tertiary/aromatic N) is 2. The van der Waals surface area contributed by atoms with Crippen LogP contribution in [0.4, 0.5) is 18.0 Å². The summed E-state index contributed by atoms with van der Waals surface area (Å²) in [4.78, 5) is 12.8. The van der Waals surface area contributed by atoms with Crippen molar-refractivity contribution in [2.45, 2.75) is 25.9 Å². The molecule has 1 aliphatic rings. The summed E-state index contributed by atoms with van der Waals surface area (Å²) in [6, 6.07) is -0.751. The quantitative estimate of drug-likeness (QED) is 0.306. The summed E-state index contributed by atoms with van der Waals surface area (Å²) in [5.74, 6) is 0.0721. The van der Waals surface area contributed by atoms with E-state index in [0.29, 0.717) is 12.8 Å². The highest BCUT2D eigenvalue weighted by atomic mass is 19.4. The largest absolute Gasteiger partial charge is 0.409 e. The van der Waals surface area contributed by atoms with E-state index in [1.807, 2.05) is 5.32 Å². The molecule has 19 heavy (non-hydrogen) atoms. The summed E-state index contributed by atoms with van der Waals surface area (Å²) in [5.41, 5.74) is 5.02. The van der Waals surface area contributed by atoms with Crippen LogP contribution in [0.1, 0.15) is 19.8 Å². The maximum atomic E-state index is 12.0. The number of hydrogen-bond donors (Lipinski definition) is 3. The van der Waals surface area contributed by atoms with Crippen molar-refractivity contribution in [3.63, 3.8) is 0 Å². The molecule has 110 valence electrons. The van der Waals surface area contributed by atoms with Gasteiger partial charge < -0.3 is 21.2 Å². The van der Waals surface area contributed by atoms with Crippen molar-refractivity contribution in [2.75, 3.05) is 19.6 Å². The van der Waals surface area contributed by atoms with E-state index in [9.17, 15) is 18.0 Å². The van der Waals surface area contributed by atoms with Crippen LogP contribution in [0.5, 0.6) is 0 Å². The van der Waals surface area contributed by atoms with Crippen molar-refractivity contribution in [3.8, 4) is 0 Å².